The van der Waals surface area contributed by atoms with Gasteiger partial charge in [0.25, 0.3) is 5.97 Å². The first-order chi connectivity index (χ1) is 28.7. The number of carboxylic acid groups (broad SMARTS) is 1. The Morgan fingerprint density at radius 3 is 1.40 bits per heavy atom. The van der Waals surface area contributed by atoms with Crippen molar-refractivity contribution in [2.75, 3.05) is 68.1 Å². The number of nitrogens with two attached hydrogens (primary N) is 1. The molecule has 0 radical (unpaired) electrons. The van der Waals surface area contributed by atoms with E-state index in [-0.39, 0.29) is 22.8 Å². The topological polar surface area (TPSA) is 191 Å². The summed E-state index contributed by atoms with van der Waals surface area (Å²) < 4.78 is 10.8. The maximum Gasteiger partial charge on any atom is 0.300 e. The summed E-state index contributed by atoms with van der Waals surface area (Å²) >= 11 is 0. The molecular weight excluding hydrogens is 763 g/mol. The van der Waals surface area contributed by atoms with E-state index in [1.54, 1.807) is 73.1 Å². The zero-order chi connectivity index (χ0) is 42.8. The van der Waals surface area contributed by atoms with Gasteiger partial charge in [-0.1, -0.05) is 45.0 Å². The molecule has 2 aliphatic rings. The van der Waals surface area contributed by atoms with Gasteiger partial charge in [-0.3, -0.25) is 29.1 Å². The summed E-state index contributed by atoms with van der Waals surface area (Å²) in [5.41, 5.74) is 12.1. The van der Waals surface area contributed by atoms with Crippen molar-refractivity contribution >= 4 is 62.7 Å². The SMILES string of the molecule is CC(=O)O.CC(C)(C)C(=O)Cc1ccc(C(=O)c2ccc3ncc(N4CCOCC4)nc3c2)cc1.Nc1ccc(C(=O)c2ccc3ncc(N4CCOCC4)nc3c2)cc1. The van der Waals surface area contributed by atoms with Crippen molar-refractivity contribution in [1.29, 1.82) is 0 Å². The van der Waals surface area contributed by atoms with E-state index < -0.39 is 5.97 Å². The van der Waals surface area contributed by atoms with Gasteiger partial charge < -0.3 is 30.1 Å². The minimum Gasteiger partial charge on any atom is -0.481 e. The molecule has 2 aliphatic heterocycles. The van der Waals surface area contributed by atoms with Crippen LogP contribution in [0.5, 0.6) is 0 Å². The van der Waals surface area contributed by atoms with Crippen LogP contribution >= 0.6 is 0 Å². The molecule has 14 nitrogen and oxygen atoms in total. The molecule has 3 N–H and O–H groups in total. The number of nitrogens with zero attached hydrogens (tertiary/aromatic N) is 6. The molecule has 0 saturated carbocycles. The van der Waals surface area contributed by atoms with Crippen LogP contribution in [0.4, 0.5) is 17.3 Å². The van der Waals surface area contributed by atoms with Gasteiger partial charge in [0.15, 0.2) is 11.6 Å². The van der Waals surface area contributed by atoms with Crippen molar-refractivity contribution in [2.24, 2.45) is 5.41 Å². The van der Waals surface area contributed by atoms with Gasteiger partial charge in [-0.25, -0.2) is 9.97 Å². The number of benzene rings is 4. The third kappa shape index (κ3) is 11.3. The summed E-state index contributed by atoms with van der Waals surface area (Å²) in [4.78, 5) is 69.6. The van der Waals surface area contributed by atoms with Crippen molar-refractivity contribution in [1.82, 2.24) is 19.9 Å². The number of anilines is 3. The Bertz CT molecular complexity index is 2470. The molecule has 2 aromatic heterocycles. The molecule has 0 bridgehead atoms. The van der Waals surface area contributed by atoms with Gasteiger partial charge in [0.1, 0.15) is 17.4 Å². The van der Waals surface area contributed by atoms with Crippen LogP contribution in [-0.2, 0) is 25.5 Å². The number of aliphatic carboxylic acids is 1. The van der Waals surface area contributed by atoms with Gasteiger partial charge >= 0.3 is 0 Å². The van der Waals surface area contributed by atoms with Gasteiger partial charge in [-0.15, -0.1) is 0 Å². The molecule has 0 aliphatic carbocycles. The predicted octanol–water partition coefficient (Wildman–Crippen LogP) is 6.23. The van der Waals surface area contributed by atoms with Crippen LogP contribution in [0.1, 0.15) is 65.1 Å². The third-order valence-electron chi connectivity index (χ3n) is 9.84. The summed E-state index contributed by atoms with van der Waals surface area (Å²) in [5.74, 6) is 0.826. The number of hydrogen-bond donors (Lipinski definition) is 2. The van der Waals surface area contributed by atoms with Gasteiger partial charge in [-0.2, -0.15) is 0 Å². The van der Waals surface area contributed by atoms with Crippen molar-refractivity contribution in [3.05, 3.63) is 125 Å². The molecule has 0 spiro atoms. The lowest BCUT2D eigenvalue weighted by molar-refractivity contribution is -0.134. The maximum atomic E-state index is 13.0. The number of fused-ring (bicyclic) bond motifs is 2. The summed E-state index contributed by atoms with van der Waals surface area (Å²) in [6.07, 6.45) is 3.91. The second-order valence-electron chi connectivity index (χ2n) is 15.4. The van der Waals surface area contributed by atoms with Crippen molar-refractivity contribution < 1.29 is 33.8 Å². The van der Waals surface area contributed by atoms with Crippen LogP contribution in [0.15, 0.2) is 97.3 Å². The highest BCUT2D eigenvalue weighted by Gasteiger charge is 2.22. The van der Waals surface area contributed by atoms with Crippen LogP contribution in [0.3, 0.4) is 0 Å². The number of carboxylic acids is 1. The molecule has 2 saturated heterocycles. The Balaban J connectivity index is 0.000000188. The van der Waals surface area contributed by atoms with E-state index in [4.69, 9.17) is 30.1 Å². The Labute approximate surface area is 348 Å². The van der Waals surface area contributed by atoms with E-state index in [0.717, 1.165) is 61.3 Å². The summed E-state index contributed by atoms with van der Waals surface area (Å²) in [7, 11) is 0. The van der Waals surface area contributed by atoms with Crippen LogP contribution in [0, 0.1) is 5.41 Å². The number of rotatable bonds is 8. The Morgan fingerprint density at radius 1 is 0.617 bits per heavy atom. The molecule has 6 aromatic rings. The fraction of sp³-hybridized carbons (Fsp3) is 0.304. The van der Waals surface area contributed by atoms with Crippen molar-refractivity contribution in [2.45, 2.75) is 34.1 Å². The molecule has 4 aromatic carbocycles. The lowest BCUT2D eigenvalue weighted by Crippen LogP contribution is -2.36. The smallest absolute Gasteiger partial charge is 0.300 e. The minimum atomic E-state index is -0.833. The first kappa shape index (κ1) is 43.0. The van der Waals surface area contributed by atoms with Gasteiger partial charge in [0.05, 0.1) is 60.9 Å². The lowest BCUT2D eigenvalue weighted by Gasteiger charge is -2.27. The zero-order valence-electron chi connectivity index (χ0n) is 34.3. The summed E-state index contributed by atoms with van der Waals surface area (Å²) in [5, 5.41) is 7.42. The highest BCUT2D eigenvalue weighted by atomic mass is 16.5. The fourth-order valence-electron chi connectivity index (χ4n) is 6.37. The number of Topliss-reactive ketones (excluding diaryl/α,β-unsaturated/α-hetero) is 1. The van der Waals surface area contributed by atoms with E-state index in [9.17, 15) is 14.4 Å². The molecule has 60 heavy (non-hydrogen) atoms. The monoisotopic (exact) mass is 811 g/mol. The number of morpholine rings is 2. The first-order valence-corrected chi connectivity index (χ1v) is 19.7. The highest BCUT2D eigenvalue weighted by molar-refractivity contribution is 6.11. The van der Waals surface area contributed by atoms with E-state index in [2.05, 4.69) is 24.8 Å². The van der Waals surface area contributed by atoms with E-state index in [1.165, 1.54) is 0 Å². The number of ketones is 3. The first-order valence-electron chi connectivity index (χ1n) is 19.7. The van der Waals surface area contributed by atoms with Gasteiger partial charge in [-0.05, 0) is 66.2 Å². The molecular formula is C46H49N7O7. The fourth-order valence-corrected chi connectivity index (χ4v) is 6.37. The molecule has 0 amide bonds. The third-order valence-corrected chi connectivity index (χ3v) is 9.84. The molecule has 0 unspecified atom stereocenters. The molecule has 8 rings (SSSR count). The number of hydrogen-bond acceptors (Lipinski definition) is 13. The van der Waals surface area contributed by atoms with E-state index in [0.29, 0.717) is 71.8 Å². The summed E-state index contributed by atoms with van der Waals surface area (Å²) in [6, 6.07) is 25.0. The number of ether oxygens (including phenoxy) is 2. The largest absolute Gasteiger partial charge is 0.481 e. The van der Waals surface area contributed by atoms with E-state index >= 15 is 0 Å². The van der Waals surface area contributed by atoms with Crippen LogP contribution in [0.25, 0.3) is 22.1 Å². The second-order valence-corrected chi connectivity index (χ2v) is 15.4. The average Bonchev–Trinajstić information content (AvgIpc) is 3.26. The standard InChI is InChI=1S/C25H27N3O3.C19H18N4O2.C2H4O2/c1-25(2,3)22(29)14-17-4-6-18(7-5-17)24(30)19-8-9-20-21(15-19)27-23(16-26-20)28-10-12-31-13-11-28;20-15-4-1-13(2-5-15)19(24)14-3-6-16-17(11-14)22-18(12-21-16)23-7-9-25-10-8-23;1-2(3)4/h4-9,15-16H,10-14H2,1-3H3;1-6,11-12H,7-10,20H2;1H3,(H,3,4). The molecule has 4 heterocycles. The Morgan fingerprint density at radius 2 is 1.00 bits per heavy atom. The normalized spacial score (nSPS) is 14.1. The number of aromatic nitrogens is 4. The van der Waals surface area contributed by atoms with Gasteiger partial charge in [0.2, 0.25) is 0 Å². The zero-order valence-corrected chi connectivity index (χ0v) is 34.3. The average molecular weight is 812 g/mol. The highest BCUT2D eigenvalue weighted by Crippen LogP contribution is 2.23. The molecule has 2 fully saturated rings. The Hall–Kier alpha value is -6.64. The number of carbonyl (C=O) groups excluding carboxylic acids is 3. The van der Waals surface area contributed by atoms with Crippen molar-refractivity contribution in [3.63, 3.8) is 0 Å². The minimum absolute atomic E-state index is 0.0551. The molecule has 310 valence electrons. The maximum absolute atomic E-state index is 13.0. The lowest BCUT2D eigenvalue weighted by atomic mass is 9.87. The van der Waals surface area contributed by atoms with Gasteiger partial charge in [0, 0.05) is 72.9 Å². The van der Waals surface area contributed by atoms with Crippen LogP contribution in [-0.4, -0.2) is 101 Å². The molecule has 14 heteroatoms. The van der Waals surface area contributed by atoms with Crippen LogP contribution in [0.2, 0.25) is 0 Å². The number of carbonyl (C=O) groups is 4. The summed E-state index contributed by atoms with van der Waals surface area (Å²) in [6.45, 7) is 12.7. The van der Waals surface area contributed by atoms with Crippen molar-refractivity contribution in [3.8, 4) is 0 Å². The van der Waals surface area contributed by atoms with Crippen LogP contribution < -0.4 is 15.5 Å². The predicted molar refractivity (Wildman–Crippen MR) is 231 cm³/mol. The molecule has 0 atom stereocenters. The number of nitrogen functional groups attached to an aromatic ring is 1. The Kier molecular flexibility index (Phi) is 13.9. The van der Waals surface area contributed by atoms with E-state index in [1.807, 2.05) is 45.0 Å². The quantitative estimate of drug-likeness (QED) is 0.130. The second kappa shape index (κ2) is 19.4.